The molecule has 35 heavy (non-hydrogen) atoms. The molecule has 0 spiro atoms. The summed E-state index contributed by atoms with van der Waals surface area (Å²) in [4.78, 5) is 21.6. The number of rotatable bonds is 7. The zero-order valence-corrected chi connectivity index (χ0v) is 19.2. The molecule has 1 saturated carbocycles. The molecule has 0 unspecified atom stereocenters. The lowest BCUT2D eigenvalue weighted by Gasteiger charge is -2.04. The molecule has 8 nitrogen and oxygen atoms in total. The summed E-state index contributed by atoms with van der Waals surface area (Å²) in [6.07, 6.45) is 8.10. The van der Waals surface area contributed by atoms with E-state index in [1.165, 1.54) is 29.3 Å². The molecule has 5 aromatic heterocycles. The van der Waals surface area contributed by atoms with Crippen LogP contribution in [-0.2, 0) is 13.1 Å². The zero-order valence-electron chi connectivity index (χ0n) is 18.4. The quantitative estimate of drug-likeness (QED) is 0.357. The smallest absolute Gasteiger partial charge is 0.282 e. The SMILES string of the molecule is O=C(NCc1ncn2ccc(Cl)cc12)c1cn(Cc2cn3cc(C4CC4)ccc3n2)nc1C(F)F. The Kier molecular flexibility index (Phi) is 5.25. The molecule has 5 aromatic rings. The largest absolute Gasteiger partial charge is 0.346 e. The Labute approximate surface area is 203 Å². The van der Waals surface area contributed by atoms with Gasteiger partial charge in [0.2, 0.25) is 0 Å². The first-order valence-corrected chi connectivity index (χ1v) is 11.5. The van der Waals surface area contributed by atoms with Gasteiger partial charge in [-0.3, -0.25) is 9.48 Å². The van der Waals surface area contributed by atoms with Gasteiger partial charge in [-0.05, 0) is 42.5 Å². The normalized spacial score (nSPS) is 13.8. The van der Waals surface area contributed by atoms with Crippen molar-refractivity contribution in [2.24, 2.45) is 0 Å². The Balaban J connectivity index is 1.21. The Morgan fingerprint density at radius 1 is 1.17 bits per heavy atom. The van der Waals surface area contributed by atoms with Crippen LogP contribution in [0.4, 0.5) is 8.78 Å². The summed E-state index contributed by atoms with van der Waals surface area (Å²) in [5.74, 6) is -0.0398. The van der Waals surface area contributed by atoms with Crippen LogP contribution in [0, 0.1) is 0 Å². The van der Waals surface area contributed by atoms with Gasteiger partial charge in [0.05, 0.1) is 41.9 Å². The Morgan fingerprint density at radius 2 is 2.03 bits per heavy atom. The average molecular weight is 496 g/mol. The third-order valence-electron chi connectivity index (χ3n) is 6.14. The van der Waals surface area contributed by atoms with Crippen LogP contribution in [-0.4, -0.2) is 34.5 Å². The van der Waals surface area contributed by atoms with Crippen LogP contribution in [0.15, 0.2) is 55.4 Å². The summed E-state index contributed by atoms with van der Waals surface area (Å²) < 4.78 is 32.4. The number of carbonyl (C=O) groups excluding carboxylic acids is 1. The van der Waals surface area contributed by atoms with Gasteiger partial charge in [0.15, 0.2) is 0 Å². The molecule has 1 aliphatic rings. The molecule has 178 valence electrons. The molecule has 5 heterocycles. The first-order chi connectivity index (χ1) is 16.9. The highest BCUT2D eigenvalue weighted by Gasteiger charge is 2.25. The van der Waals surface area contributed by atoms with Gasteiger partial charge in [0.1, 0.15) is 11.3 Å². The molecule has 1 amide bonds. The Morgan fingerprint density at radius 3 is 2.83 bits per heavy atom. The molecule has 0 aliphatic heterocycles. The average Bonchev–Trinajstić information content (AvgIpc) is 3.29. The van der Waals surface area contributed by atoms with Crippen molar-refractivity contribution in [1.29, 1.82) is 0 Å². The number of fused-ring (bicyclic) bond motifs is 2. The van der Waals surface area contributed by atoms with Crippen LogP contribution >= 0.6 is 11.6 Å². The van der Waals surface area contributed by atoms with Crippen molar-refractivity contribution in [2.45, 2.75) is 38.3 Å². The van der Waals surface area contributed by atoms with Crippen molar-refractivity contribution >= 4 is 28.7 Å². The predicted octanol–water partition coefficient (Wildman–Crippen LogP) is 4.63. The minimum atomic E-state index is -2.90. The number of pyridine rings is 2. The summed E-state index contributed by atoms with van der Waals surface area (Å²) in [6, 6.07) is 7.47. The molecule has 11 heteroatoms. The zero-order chi connectivity index (χ0) is 24.1. The van der Waals surface area contributed by atoms with Crippen LogP contribution < -0.4 is 5.32 Å². The van der Waals surface area contributed by atoms with Crippen molar-refractivity contribution in [3.05, 3.63) is 88.6 Å². The van der Waals surface area contributed by atoms with E-state index in [0.29, 0.717) is 22.3 Å². The number of nitrogens with zero attached hydrogens (tertiary/aromatic N) is 6. The Bertz CT molecular complexity index is 1570. The van der Waals surface area contributed by atoms with Crippen molar-refractivity contribution < 1.29 is 13.6 Å². The van der Waals surface area contributed by atoms with E-state index in [1.54, 1.807) is 29.1 Å². The maximum Gasteiger partial charge on any atom is 0.282 e. The molecule has 0 saturated heterocycles. The highest BCUT2D eigenvalue weighted by Crippen LogP contribution is 2.39. The number of halogens is 3. The minimum Gasteiger partial charge on any atom is -0.346 e. The van der Waals surface area contributed by atoms with Gasteiger partial charge >= 0.3 is 0 Å². The van der Waals surface area contributed by atoms with Crippen LogP contribution in [0.3, 0.4) is 0 Å². The van der Waals surface area contributed by atoms with Gasteiger partial charge in [-0.15, -0.1) is 0 Å². The number of nitrogens with one attached hydrogen (secondary N) is 1. The molecular formula is C24H20ClF2N7O. The topological polar surface area (TPSA) is 81.5 Å². The van der Waals surface area contributed by atoms with E-state index in [1.807, 2.05) is 16.7 Å². The molecule has 1 N–H and O–H groups in total. The molecule has 1 fully saturated rings. The van der Waals surface area contributed by atoms with Crippen molar-refractivity contribution in [3.63, 3.8) is 0 Å². The molecule has 0 radical (unpaired) electrons. The number of carbonyl (C=O) groups is 1. The third-order valence-corrected chi connectivity index (χ3v) is 6.37. The molecule has 1 aliphatic carbocycles. The second kappa shape index (κ2) is 8.46. The van der Waals surface area contributed by atoms with Crippen LogP contribution in [0.1, 0.15) is 58.2 Å². The van der Waals surface area contributed by atoms with E-state index in [9.17, 15) is 13.6 Å². The second-order valence-corrected chi connectivity index (χ2v) is 9.11. The maximum atomic E-state index is 13.7. The van der Waals surface area contributed by atoms with E-state index in [-0.39, 0.29) is 18.7 Å². The summed E-state index contributed by atoms with van der Waals surface area (Å²) >= 11 is 6.05. The van der Waals surface area contributed by atoms with Gasteiger partial charge < -0.3 is 14.1 Å². The third kappa shape index (κ3) is 4.25. The highest BCUT2D eigenvalue weighted by atomic mass is 35.5. The first kappa shape index (κ1) is 21.7. The number of hydrogen-bond acceptors (Lipinski definition) is 4. The predicted molar refractivity (Wildman–Crippen MR) is 125 cm³/mol. The van der Waals surface area contributed by atoms with Gasteiger partial charge in [-0.1, -0.05) is 17.7 Å². The lowest BCUT2D eigenvalue weighted by Crippen LogP contribution is -2.24. The highest BCUT2D eigenvalue weighted by molar-refractivity contribution is 6.30. The van der Waals surface area contributed by atoms with Crippen LogP contribution in [0.2, 0.25) is 5.02 Å². The number of alkyl halides is 2. The van der Waals surface area contributed by atoms with Crippen LogP contribution in [0.5, 0.6) is 0 Å². The van der Waals surface area contributed by atoms with Crippen molar-refractivity contribution in [2.75, 3.05) is 0 Å². The summed E-state index contributed by atoms with van der Waals surface area (Å²) in [7, 11) is 0. The fraction of sp³-hybridized carbons (Fsp3) is 0.250. The molecule has 6 rings (SSSR count). The van der Waals surface area contributed by atoms with Crippen molar-refractivity contribution in [3.8, 4) is 0 Å². The van der Waals surface area contributed by atoms with Gasteiger partial charge in [0, 0.05) is 29.8 Å². The molecule has 0 bridgehead atoms. The van der Waals surface area contributed by atoms with Gasteiger partial charge in [0.25, 0.3) is 12.3 Å². The standard InChI is InChI=1S/C24H20ClF2N7O/c25-16-5-6-32-13-29-19(20(32)7-16)8-28-24(35)18-12-34(31-22(18)23(26)27)11-17-10-33-9-15(14-1-2-14)3-4-21(33)30-17/h3-7,9-10,12-14,23H,1-2,8,11H2,(H,28,35). The summed E-state index contributed by atoms with van der Waals surface area (Å²) in [6.45, 7) is 0.219. The van der Waals surface area contributed by atoms with Crippen molar-refractivity contribution in [1.82, 2.24) is 33.9 Å². The van der Waals surface area contributed by atoms with E-state index < -0.39 is 18.0 Å². The molecule has 0 atom stereocenters. The minimum absolute atomic E-state index is 0.0549. The number of amides is 1. The first-order valence-electron chi connectivity index (χ1n) is 11.2. The molecule has 0 aromatic carbocycles. The maximum absolute atomic E-state index is 13.7. The fourth-order valence-corrected chi connectivity index (χ4v) is 4.39. The van der Waals surface area contributed by atoms with Crippen LogP contribution in [0.25, 0.3) is 11.2 Å². The fourth-order valence-electron chi connectivity index (χ4n) is 4.23. The lowest BCUT2D eigenvalue weighted by atomic mass is 10.2. The number of imidazole rings is 2. The summed E-state index contributed by atoms with van der Waals surface area (Å²) in [5.41, 5.74) is 3.25. The van der Waals surface area contributed by atoms with E-state index in [0.717, 1.165) is 11.2 Å². The van der Waals surface area contributed by atoms with E-state index in [4.69, 9.17) is 11.6 Å². The van der Waals surface area contributed by atoms with Gasteiger partial charge in [-0.25, -0.2) is 18.7 Å². The molecular weight excluding hydrogens is 476 g/mol. The monoisotopic (exact) mass is 495 g/mol. The Hall–Kier alpha value is -3.79. The second-order valence-electron chi connectivity index (χ2n) is 8.67. The number of aromatic nitrogens is 6. The number of hydrogen-bond donors (Lipinski definition) is 1. The van der Waals surface area contributed by atoms with E-state index >= 15 is 0 Å². The van der Waals surface area contributed by atoms with Gasteiger partial charge in [-0.2, -0.15) is 5.10 Å². The lowest BCUT2D eigenvalue weighted by molar-refractivity contribution is 0.0936. The van der Waals surface area contributed by atoms with E-state index in [2.05, 4.69) is 32.6 Å². The summed E-state index contributed by atoms with van der Waals surface area (Å²) in [5, 5.41) is 7.17.